The van der Waals surface area contributed by atoms with E-state index in [2.05, 4.69) is 20.6 Å². The molecular formula is C14H16N4O2. The molecule has 2 rings (SSSR count). The lowest BCUT2D eigenvalue weighted by atomic mass is 10.1. The summed E-state index contributed by atoms with van der Waals surface area (Å²) in [7, 11) is 1.48. The van der Waals surface area contributed by atoms with Crippen LogP contribution in [0, 0.1) is 13.8 Å². The molecular weight excluding hydrogens is 256 g/mol. The number of ether oxygens (including phenoxy) is 1. The summed E-state index contributed by atoms with van der Waals surface area (Å²) in [5, 5.41) is 5.43. The minimum Gasteiger partial charge on any atom is -0.467 e. The predicted octanol–water partition coefficient (Wildman–Crippen LogP) is 2.75. The Balaban J connectivity index is 2.01. The van der Waals surface area contributed by atoms with Gasteiger partial charge in [0, 0.05) is 5.69 Å². The molecule has 0 bridgehead atoms. The molecule has 0 atom stereocenters. The monoisotopic (exact) mass is 272 g/mol. The molecule has 0 unspecified atom stereocenters. The van der Waals surface area contributed by atoms with Gasteiger partial charge >= 0.3 is 12.0 Å². The lowest BCUT2D eigenvalue weighted by Crippen LogP contribution is -2.20. The maximum absolute atomic E-state index is 11.9. The number of anilines is 2. The van der Waals surface area contributed by atoms with Gasteiger partial charge in [-0.15, -0.1) is 0 Å². The molecule has 1 aromatic heterocycles. The summed E-state index contributed by atoms with van der Waals surface area (Å²) in [6, 6.07) is 5.73. The molecule has 6 heteroatoms. The number of aryl methyl sites for hydroxylation is 2. The van der Waals surface area contributed by atoms with Crippen LogP contribution in [0.1, 0.15) is 11.1 Å². The quantitative estimate of drug-likeness (QED) is 0.900. The number of hydrogen-bond acceptors (Lipinski definition) is 4. The SMILES string of the molecule is COc1ncc(NC(=O)Nc2ccc(C)cc2C)cn1. The van der Waals surface area contributed by atoms with Crippen LogP contribution >= 0.6 is 0 Å². The van der Waals surface area contributed by atoms with Gasteiger partial charge in [-0.3, -0.25) is 0 Å². The Bertz CT molecular complexity index is 611. The molecule has 1 aromatic carbocycles. The first kappa shape index (κ1) is 13.8. The van der Waals surface area contributed by atoms with E-state index in [4.69, 9.17) is 4.74 Å². The Kier molecular flexibility index (Phi) is 4.14. The number of benzene rings is 1. The lowest BCUT2D eigenvalue weighted by molar-refractivity contribution is 0.262. The summed E-state index contributed by atoms with van der Waals surface area (Å²) in [6.07, 6.45) is 2.96. The number of hydrogen-bond donors (Lipinski definition) is 2. The van der Waals surface area contributed by atoms with E-state index in [1.807, 2.05) is 32.0 Å². The highest BCUT2D eigenvalue weighted by Gasteiger charge is 2.06. The first-order valence-electron chi connectivity index (χ1n) is 6.10. The lowest BCUT2D eigenvalue weighted by Gasteiger charge is -2.10. The van der Waals surface area contributed by atoms with Gasteiger partial charge in [-0.25, -0.2) is 14.8 Å². The summed E-state index contributed by atoms with van der Waals surface area (Å²) in [5.74, 6) is 0. The molecule has 2 aromatic rings. The normalized spacial score (nSPS) is 9.95. The largest absolute Gasteiger partial charge is 0.467 e. The van der Waals surface area contributed by atoms with E-state index < -0.39 is 0 Å². The molecule has 0 radical (unpaired) electrons. The highest BCUT2D eigenvalue weighted by atomic mass is 16.5. The Morgan fingerprint density at radius 3 is 2.45 bits per heavy atom. The van der Waals surface area contributed by atoms with Crippen LogP contribution in [-0.2, 0) is 0 Å². The summed E-state index contributed by atoms with van der Waals surface area (Å²) in [6.45, 7) is 3.95. The van der Waals surface area contributed by atoms with E-state index in [1.54, 1.807) is 0 Å². The summed E-state index contributed by atoms with van der Waals surface area (Å²) < 4.78 is 4.85. The Hall–Kier alpha value is -2.63. The second-order valence-electron chi connectivity index (χ2n) is 4.36. The van der Waals surface area contributed by atoms with Crippen molar-refractivity contribution >= 4 is 17.4 Å². The Labute approximate surface area is 117 Å². The number of amides is 2. The van der Waals surface area contributed by atoms with Crippen LogP contribution in [0.25, 0.3) is 0 Å². The molecule has 104 valence electrons. The second kappa shape index (κ2) is 6.01. The van der Waals surface area contributed by atoms with Crippen LogP contribution in [0.2, 0.25) is 0 Å². The van der Waals surface area contributed by atoms with Crippen molar-refractivity contribution in [3.05, 3.63) is 41.7 Å². The summed E-state index contributed by atoms with van der Waals surface area (Å²) in [5.41, 5.74) is 3.42. The van der Waals surface area contributed by atoms with Crippen molar-refractivity contribution in [2.45, 2.75) is 13.8 Å². The van der Waals surface area contributed by atoms with Crippen molar-refractivity contribution in [3.63, 3.8) is 0 Å². The highest BCUT2D eigenvalue weighted by Crippen LogP contribution is 2.16. The predicted molar refractivity (Wildman–Crippen MR) is 77.1 cm³/mol. The molecule has 0 aliphatic heterocycles. The Morgan fingerprint density at radius 2 is 1.85 bits per heavy atom. The van der Waals surface area contributed by atoms with Crippen molar-refractivity contribution in [2.24, 2.45) is 0 Å². The number of rotatable bonds is 3. The minimum atomic E-state index is -0.342. The molecule has 6 nitrogen and oxygen atoms in total. The first-order valence-corrected chi connectivity index (χ1v) is 6.10. The number of aromatic nitrogens is 2. The number of urea groups is 1. The third-order valence-electron chi connectivity index (χ3n) is 2.70. The number of carbonyl (C=O) groups excluding carboxylic acids is 1. The van der Waals surface area contributed by atoms with Crippen molar-refractivity contribution in [2.75, 3.05) is 17.7 Å². The second-order valence-corrected chi connectivity index (χ2v) is 4.36. The average Bonchev–Trinajstić information content (AvgIpc) is 2.43. The van der Waals surface area contributed by atoms with Crippen molar-refractivity contribution in [1.82, 2.24) is 9.97 Å². The molecule has 0 aliphatic carbocycles. The van der Waals surface area contributed by atoms with Crippen LogP contribution in [0.4, 0.5) is 16.2 Å². The molecule has 20 heavy (non-hydrogen) atoms. The zero-order chi connectivity index (χ0) is 14.5. The minimum absolute atomic E-state index is 0.255. The number of methoxy groups -OCH3 is 1. The fraction of sp³-hybridized carbons (Fsp3) is 0.214. The van der Waals surface area contributed by atoms with E-state index in [1.165, 1.54) is 19.5 Å². The highest BCUT2D eigenvalue weighted by molar-refractivity contribution is 6.00. The molecule has 0 saturated heterocycles. The average molecular weight is 272 g/mol. The zero-order valence-corrected chi connectivity index (χ0v) is 11.6. The molecule has 0 aliphatic rings. The smallest absolute Gasteiger partial charge is 0.323 e. The van der Waals surface area contributed by atoms with Gasteiger partial charge < -0.3 is 15.4 Å². The first-order chi connectivity index (χ1) is 9.58. The molecule has 2 amide bonds. The molecule has 0 spiro atoms. The van der Waals surface area contributed by atoms with Gasteiger partial charge in [-0.1, -0.05) is 17.7 Å². The van der Waals surface area contributed by atoms with Crippen LogP contribution in [-0.4, -0.2) is 23.1 Å². The fourth-order valence-corrected chi connectivity index (χ4v) is 1.72. The van der Waals surface area contributed by atoms with Gasteiger partial charge in [-0.05, 0) is 25.5 Å². The van der Waals surface area contributed by atoms with Crippen molar-refractivity contribution in [1.29, 1.82) is 0 Å². The number of nitrogens with one attached hydrogen (secondary N) is 2. The van der Waals surface area contributed by atoms with Crippen LogP contribution in [0.3, 0.4) is 0 Å². The van der Waals surface area contributed by atoms with Gasteiger partial charge in [0.05, 0.1) is 25.2 Å². The van der Waals surface area contributed by atoms with Crippen LogP contribution in [0.5, 0.6) is 6.01 Å². The summed E-state index contributed by atoms with van der Waals surface area (Å²) >= 11 is 0. The van der Waals surface area contributed by atoms with Crippen LogP contribution in [0.15, 0.2) is 30.6 Å². The third kappa shape index (κ3) is 3.44. The maximum Gasteiger partial charge on any atom is 0.323 e. The third-order valence-corrected chi connectivity index (χ3v) is 2.70. The van der Waals surface area contributed by atoms with Crippen molar-refractivity contribution < 1.29 is 9.53 Å². The van der Waals surface area contributed by atoms with Gasteiger partial charge in [0.25, 0.3) is 0 Å². The van der Waals surface area contributed by atoms with E-state index in [9.17, 15) is 4.79 Å². The van der Waals surface area contributed by atoms with Gasteiger partial charge in [0.1, 0.15) is 0 Å². The van der Waals surface area contributed by atoms with E-state index in [-0.39, 0.29) is 12.0 Å². The van der Waals surface area contributed by atoms with Gasteiger partial charge in [0.15, 0.2) is 0 Å². The zero-order valence-electron chi connectivity index (χ0n) is 11.6. The van der Waals surface area contributed by atoms with E-state index in [0.29, 0.717) is 5.69 Å². The summed E-state index contributed by atoms with van der Waals surface area (Å²) in [4.78, 5) is 19.7. The molecule has 2 N–H and O–H groups in total. The van der Waals surface area contributed by atoms with Gasteiger partial charge in [0.2, 0.25) is 0 Å². The topological polar surface area (TPSA) is 76.1 Å². The fourth-order valence-electron chi connectivity index (χ4n) is 1.72. The van der Waals surface area contributed by atoms with Crippen molar-refractivity contribution in [3.8, 4) is 6.01 Å². The number of carbonyl (C=O) groups is 1. The molecule has 0 saturated carbocycles. The molecule has 1 heterocycles. The Morgan fingerprint density at radius 1 is 1.15 bits per heavy atom. The number of nitrogens with zero attached hydrogens (tertiary/aromatic N) is 2. The van der Waals surface area contributed by atoms with E-state index in [0.717, 1.165) is 16.8 Å². The van der Waals surface area contributed by atoms with E-state index >= 15 is 0 Å². The molecule has 0 fully saturated rings. The standard InChI is InChI=1S/C14H16N4O2/c1-9-4-5-12(10(2)6-9)18-13(19)17-11-7-15-14(20-3)16-8-11/h4-8H,1-3H3,(H2,17,18,19). The maximum atomic E-state index is 11.9. The van der Waals surface area contributed by atoms with Gasteiger partial charge in [-0.2, -0.15) is 0 Å². The van der Waals surface area contributed by atoms with Crippen LogP contribution < -0.4 is 15.4 Å².